The van der Waals surface area contributed by atoms with Crippen molar-refractivity contribution in [2.75, 3.05) is 52.4 Å². The number of sulfonamides is 1. The summed E-state index contributed by atoms with van der Waals surface area (Å²) in [5, 5.41) is 3.68. The zero-order valence-corrected chi connectivity index (χ0v) is 18.0. The number of carbonyl (C=O) groups excluding carboxylic acids is 1. The smallest absolute Gasteiger partial charge is 0.275 e. The van der Waals surface area contributed by atoms with E-state index in [1.165, 1.54) is 16.4 Å². The molecule has 2 fully saturated rings. The standard InChI is InChI=1S/C19H29ClN4O3S/c1-2-22-9-7-17(8-10-22)21-19(25)15-23-11-13-24(14-12-23)28(26,27)18-5-3-16(20)4-6-18/h3-6,17H,2,7-15H2,1H3,(H,21,25)/p+2. The highest BCUT2D eigenvalue weighted by Gasteiger charge is 2.31. The summed E-state index contributed by atoms with van der Waals surface area (Å²) in [5.41, 5.74) is 0. The van der Waals surface area contributed by atoms with Gasteiger partial charge in [-0.05, 0) is 31.2 Å². The number of likely N-dealkylation sites (tertiary alicyclic amines) is 1. The largest absolute Gasteiger partial charge is 0.348 e. The lowest BCUT2D eigenvalue weighted by Gasteiger charge is -2.32. The number of quaternary nitrogens is 2. The van der Waals surface area contributed by atoms with E-state index in [1.807, 2.05) is 0 Å². The molecule has 0 spiro atoms. The van der Waals surface area contributed by atoms with Crippen molar-refractivity contribution in [3.8, 4) is 0 Å². The van der Waals surface area contributed by atoms with Gasteiger partial charge in [0.1, 0.15) is 0 Å². The molecule has 28 heavy (non-hydrogen) atoms. The van der Waals surface area contributed by atoms with Gasteiger partial charge < -0.3 is 15.1 Å². The predicted octanol–water partition coefficient (Wildman–Crippen LogP) is -1.59. The first-order valence-corrected chi connectivity index (χ1v) is 11.9. The Morgan fingerprint density at radius 1 is 1.11 bits per heavy atom. The van der Waals surface area contributed by atoms with Gasteiger partial charge in [0, 0.05) is 23.9 Å². The number of carbonyl (C=O) groups is 1. The maximum absolute atomic E-state index is 12.7. The Balaban J connectivity index is 1.45. The van der Waals surface area contributed by atoms with Crippen LogP contribution in [0.2, 0.25) is 5.02 Å². The van der Waals surface area contributed by atoms with Gasteiger partial charge >= 0.3 is 0 Å². The van der Waals surface area contributed by atoms with Crippen LogP contribution in [0.25, 0.3) is 0 Å². The molecule has 0 bridgehead atoms. The number of rotatable bonds is 6. The van der Waals surface area contributed by atoms with Crippen molar-refractivity contribution in [3.63, 3.8) is 0 Å². The summed E-state index contributed by atoms with van der Waals surface area (Å²) in [5.74, 6) is 0.0777. The monoisotopic (exact) mass is 430 g/mol. The Morgan fingerprint density at radius 2 is 1.71 bits per heavy atom. The molecule has 7 nitrogen and oxygen atoms in total. The first kappa shape index (κ1) is 21.5. The summed E-state index contributed by atoms with van der Waals surface area (Å²) in [6.45, 7) is 8.12. The van der Waals surface area contributed by atoms with E-state index in [2.05, 4.69) is 12.2 Å². The van der Waals surface area contributed by atoms with Crippen LogP contribution in [0.3, 0.4) is 0 Å². The van der Waals surface area contributed by atoms with E-state index in [4.69, 9.17) is 11.6 Å². The Bertz CT molecular complexity index is 756. The van der Waals surface area contributed by atoms with Crippen LogP contribution in [0.4, 0.5) is 0 Å². The molecule has 2 aliphatic rings. The van der Waals surface area contributed by atoms with E-state index in [1.54, 1.807) is 17.0 Å². The molecule has 1 amide bonds. The van der Waals surface area contributed by atoms with Gasteiger partial charge in [-0.25, -0.2) is 8.42 Å². The number of benzene rings is 1. The summed E-state index contributed by atoms with van der Waals surface area (Å²) < 4.78 is 27.0. The molecular weight excluding hydrogens is 400 g/mol. The van der Waals surface area contributed by atoms with Gasteiger partial charge in [-0.2, -0.15) is 4.31 Å². The third-order valence-electron chi connectivity index (χ3n) is 5.85. The molecule has 0 atom stereocenters. The van der Waals surface area contributed by atoms with Crippen molar-refractivity contribution in [1.82, 2.24) is 9.62 Å². The quantitative estimate of drug-likeness (QED) is 0.509. The lowest BCUT2D eigenvalue weighted by molar-refractivity contribution is -0.903. The second-order valence-electron chi connectivity index (χ2n) is 7.73. The molecule has 1 aromatic rings. The highest BCUT2D eigenvalue weighted by molar-refractivity contribution is 7.89. The van der Waals surface area contributed by atoms with E-state index in [-0.39, 0.29) is 16.8 Å². The number of halogens is 1. The third kappa shape index (κ3) is 5.45. The topological polar surface area (TPSA) is 75.4 Å². The number of nitrogens with one attached hydrogen (secondary N) is 3. The van der Waals surface area contributed by atoms with Crippen LogP contribution < -0.4 is 15.1 Å². The fraction of sp³-hybridized carbons (Fsp3) is 0.632. The first-order chi connectivity index (χ1) is 13.4. The molecule has 2 aliphatic heterocycles. The Kier molecular flexibility index (Phi) is 7.33. The van der Waals surface area contributed by atoms with Crippen LogP contribution in [0, 0.1) is 0 Å². The van der Waals surface area contributed by atoms with Crippen LogP contribution in [0.15, 0.2) is 29.2 Å². The van der Waals surface area contributed by atoms with Crippen molar-refractivity contribution in [3.05, 3.63) is 29.3 Å². The number of piperazine rings is 1. The van der Waals surface area contributed by atoms with Crippen molar-refractivity contribution in [2.45, 2.75) is 30.7 Å². The van der Waals surface area contributed by atoms with Gasteiger partial charge in [0.05, 0.1) is 50.7 Å². The van der Waals surface area contributed by atoms with E-state index < -0.39 is 10.0 Å². The number of amides is 1. The van der Waals surface area contributed by atoms with Crippen molar-refractivity contribution >= 4 is 27.5 Å². The first-order valence-electron chi connectivity index (χ1n) is 10.1. The van der Waals surface area contributed by atoms with Crippen LogP contribution >= 0.6 is 11.6 Å². The highest BCUT2D eigenvalue weighted by Crippen LogP contribution is 2.18. The molecule has 0 aromatic heterocycles. The Labute approximate surface area is 172 Å². The summed E-state index contributed by atoms with van der Waals surface area (Å²) in [4.78, 5) is 15.4. The second-order valence-corrected chi connectivity index (χ2v) is 10.1. The zero-order valence-electron chi connectivity index (χ0n) is 16.4. The third-order valence-corrected chi connectivity index (χ3v) is 8.01. The molecule has 156 valence electrons. The number of nitrogens with zero attached hydrogens (tertiary/aromatic N) is 1. The molecule has 2 saturated heterocycles. The van der Waals surface area contributed by atoms with Crippen molar-refractivity contribution < 1.29 is 23.0 Å². The van der Waals surface area contributed by atoms with Crippen molar-refractivity contribution in [2.24, 2.45) is 0 Å². The van der Waals surface area contributed by atoms with Crippen LogP contribution in [-0.2, 0) is 14.8 Å². The lowest BCUT2D eigenvalue weighted by atomic mass is 10.1. The second kappa shape index (κ2) is 9.54. The minimum Gasteiger partial charge on any atom is -0.348 e. The average molecular weight is 431 g/mol. The van der Waals surface area contributed by atoms with E-state index >= 15 is 0 Å². The molecule has 3 rings (SSSR count). The van der Waals surface area contributed by atoms with Crippen molar-refractivity contribution in [1.29, 1.82) is 0 Å². The van der Waals surface area contributed by atoms with Gasteiger partial charge in [-0.3, -0.25) is 4.79 Å². The molecule has 0 saturated carbocycles. The molecule has 3 N–H and O–H groups in total. The lowest BCUT2D eigenvalue weighted by Crippen LogP contribution is -3.16. The van der Waals surface area contributed by atoms with E-state index in [9.17, 15) is 13.2 Å². The minimum absolute atomic E-state index is 0.0777. The van der Waals surface area contributed by atoms with E-state index in [0.29, 0.717) is 37.7 Å². The van der Waals surface area contributed by atoms with Crippen LogP contribution in [0.5, 0.6) is 0 Å². The SMILES string of the molecule is CC[NH+]1CCC(NC(=O)C[NH+]2CCN(S(=O)(=O)c3ccc(Cl)cc3)CC2)CC1. The summed E-state index contributed by atoms with van der Waals surface area (Å²) in [7, 11) is -3.50. The maximum atomic E-state index is 12.7. The fourth-order valence-corrected chi connectivity index (χ4v) is 5.57. The summed E-state index contributed by atoms with van der Waals surface area (Å²) in [6, 6.07) is 6.54. The number of piperidine rings is 1. The van der Waals surface area contributed by atoms with Gasteiger partial charge in [0.25, 0.3) is 5.91 Å². The Hall–Kier alpha value is -1.19. The normalized spacial score (nSPS) is 24.8. The zero-order chi connectivity index (χ0) is 20.1. The molecule has 2 heterocycles. The minimum atomic E-state index is -3.50. The molecule has 0 radical (unpaired) electrons. The molecule has 1 aromatic carbocycles. The Morgan fingerprint density at radius 3 is 2.29 bits per heavy atom. The molecular formula is C19H31ClN4O3S+2. The van der Waals surface area contributed by atoms with Gasteiger partial charge in [0.2, 0.25) is 10.0 Å². The number of hydrogen-bond donors (Lipinski definition) is 3. The molecule has 9 heteroatoms. The van der Waals surface area contributed by atoms with Crippen LogP contribution in [-0.4, -0.2) is 77.0 Å². The van der Waals surface area contributed by atoms with Gasteiger partial charge in [-0.1, -0.05) is 11.6 Å². The molecule has 0 unspecified atom stereocenters. The van der Waals surface area contributed by atoms with E-state index in [0.717, 1.165) is 37.4 Å². The average Bonchev–Trinajstić information content (AvgIpc) is 2.69. The predicted molar refractivity (Wildman–Crippen MR) is 108 cm³/mol. The maximum Gasteiger partial charge on any atom is 0.275 e. The number of hydrogen-bond acceptors (Lipinski definition) is 3. The molecule has 0 aliphatic carbocycles. The fourth-order valence-electron chi connectivity index (χ4n) is 4.00. The summed E-state index contributed by atoms with van der Waals surface area (Å²) in [6.07, 6.45) is 2.08. The van der Waals surface area contributed by atoms with Crippen LogP contribution in [0.1, 0.15) is 19.8 Å². The highest BCUT2D eigenvalue weighted by atomic mass is 35.5. The van der Waals surface area contributed by atoms with Gasteiger partial charge in [0.15, 0.2) is 6.54 Å². The van der Waals surface area contributed by atoms with Gasteiger partial charge in [-0.15, -0.1) is 0 Å². The summed E-state index contributed by atoms with van der Waals surface area (Å²) >= 11 is 5.85.